The molecule has 23 heavy (non-hydrogen) atoms. The average Bonchev–Trinajstić information content (AvgIpc) is 2.86. The Kier molecular flexibility index (Phi) is 4.01. The third kappa shape index (κ3) is 3.17. The second-order valence-corrected chi connectivity index (χ2v) is 7.27. The third-order valence-electron chi connectivity index (χ3n) is 3.50. The van der Waals surface area contributed by atoms with E-state index < -0.39 is 16.1 Å². The number of benzene rings is 2. The summed E-state index contributed by atoms with van der Waals surface area (Å²) in [6, 6.07) is 11.0. The predicted octanol–water partition coefficient (Wildman–Crippen LogP) is 2.55. The topological polar surface area (TPSA) is 94.8 Å². The first kappa shape index (κ1) is 15.8. The first-order chi connectivity index (χ1) is 10.9. The lowest BCUT2D eigenvalue weighted by Crippen LogP contribution is -2.27. The number of aromatic amines is 2. The van der Waals surface area contributed by atoms with Gasteiger partial charge in [-0.2, -0.15) is 0 Å². The molecule has 0 saturated heterocycles. The fourth-order valence-corrected chi connectivity index (χ4v) is 3.92. The molecule has 0 aliphatic rings. The zero-order valence-electron chi connectivity index (χ0n) is 12.1. The molecule has 2 aromatic carbocycles. The smallest absolute Gasteiger partial charge is 0.306 e. The van der Waals surface area contributed by atoms with Gasteiger partial charge in [-0.25, -0.2) is 17.9 Å². The number of rotatable bonds is 4. The molecule has 6 nitrogen and oxygen atoms in total. The van der Waals surface area contributed by atoms with E-state index in [2.05, 4.69) is 14.7 Å². The molecule has 1 atom stereocenters. The Morgan fingerprint density at radius 1 is 1.09 bits per heavy atom. The number of hydrogen-bond acceptors (Lipinski definition) is 3. The van der Waals surface area contributed by atoms with Gasteiger partial charge in [0, 0.05) is 11.1 Å². The highest BCUT2D eigenvalue weighted by atomic mass is 35.5. The van der Waals surface area contributed by atoms with Crippen molar-refractivity contribution >= 4 is 32.7 Å². The van der Waals surface area contributed by atoms with Crippen molar-refractivity contribution in [3.63, 3.8) is 0 Å². The van der Waals surface area contributed by atoms with Crippen molar-refractivity contribution in [1.29, 1.82) is 0 Å². The lowest BCUT2D eigenvalue weighted by molar-refractivity contribution is 0.567. The van der Waals surface area contributed by atoms with Crippen LogP contribution in [0.1, 0.15) is 18.5 Å². The fourth-order valence-electron chi connectivity index (χ4n) is 2.37. The molecule has 3 aromatic rings. The van der Waals surface area contributed by atoms with Crippen molar-refractivity contribution in [1.82, 2.24) is 14.7 Å². The Balaban J connectivity index is 1.93. The summed E-state index contributed by atoms with van der Waals surface area (Å²) < 4.78 is 27.6. The maximum absolute atomic E-state index is 12.5. The maximum Gasteiger partial charge on any atom is 0.323 e. The molecule has 0 radical (unpaired) electrons. The molecule has 3 N–H and O–H groups in total. The Morgan fingerprint density at radius 3 is 2.52 bits per heavy atom. The number of imidazole rings is 1. The van der Waals surface area contributed by atoms with Crippen LogP contribution in [0.2, 0.25) is 5.02 Å². The van der Waals surface area contributed by atoms with E-state index in [0.29, 0.717) is 21.6 Å². The maximum atomic E-state index is 12.5. The van der Waals surface area contributed by atoms with Crippen molar-refractivity contribution in [2.75, 3.05) is 0 Å². The van der Waals surface area contributed by atoms with Gasteiger partial charge < -0.3 is 9.97 Å². The minimum absolute atomic E-state index is 0.0687. The monoisotopic (exact) mass is 351 g/mol. The van der Waals surface area contributed by atoms with Gasteiger partial charge in [-0.05, 0) is 36.8 Å². The Hall–Kier alpha value is -2.09. The van der Waals surface area contributed by atoms with Crippen LogP contribution in [0.15, 0.2) is 52.2 Å². The Bertz CT molecular complexity index is 1020. The molecule has 1 aromatic heterocycles. The quantitative estimate of drug-likeness (QED) is 0.674. The molecule has 0 bridgehead atoms. The van der Waals surface area contributed by atoms with Crippen LogP contribution in [0.4, 0.5) is 0 Å². The van der Waals surface area contributed by atoms with Gasteiger partial charge in [0.1, 0.15) is 0 Å². The molecular formula is C15H14ClN3O3S. The summed E-state index contributed by atoms with van der Waals surface area (Å²) in [5.41, 5.74) is 1.29. The fraction of sp³-hybridized carbons (Fsp3) is 0.133. The minimum atomic E-state index is -3.75. The summed E-state index contributed by atoms with van der Waals surface area (Å²) in [5.74, 6) is 0. The summed E-state index contributed by atoms with van der Waals surface area (Å²) in [6.07, 6.45) is 0. The van der Waals surface area contributed by atoms with E-state index in [4.69, 9.17) is 11.6 Å². The van der Waals surface area contributed by atoms with Crippen molar-refractivity contribution in [3.05, 3.63) is 63.5 Å². The zero-order valence-corrected chi connectivity index (χ0v) is 13.7. The van der Waals surface area contributed by atoms with Crippen LogP contribution in [0, 0.1) is 0 Å². The van der Waals surface area contributed by atoms with Gasteiger partial charge in [-0.3, -0.25) is 0 Å². The number of hydrogen-bond donors (Lipinski definition) is 3. The second kappa shape index (κ2) is 5.84. The summed E-state index contributed by atoms with van der Waals surface area (Å²) in [6.45, 7) is 1.72. The summed E-state index contributed by atoms with van der Waals surface area (Å²) in [4.78, 5) is 16.4. The molecular weight excluding hydrogens is 338 g/mol. The molecule has 0 unspecified atom stereocenters. The summed E-state index contributed by atoms with van der Waals surface area (Å²) in [7, 11) is -3.75. The standard InChI is InChI=1S/C15H14ClN3O3S/c1-9(11-4-2-3-5-12(11)16)19-23(21,22)10-6-7-13-14(8-10)18-15(20)17-13/h2-9,19H,1H3,(H2,17,18,20)/t9-/m1/s1. The predicted molar refractivity (Wildman–Crippen MR) is 89.1 cm³/mol. The summed E-state index contributed by atoms with van der Waals surface area (Å²) >= 11 is 6.10. The number of nitrogens with one attached hydrogen (secondary N) is 3. The largest absolute Gasteiger partial charge is 0.323 e. The SMILES string of the molecule is C[C@@H](NS(=O)(=O)c1ccc2[nH]c(=O)[nH]c2c1)c1ccccc1Cl. The third-order valence-corrected chi connectivity index (χ3v) is 5.38. The Labute approximate surface area is 137 Å². The molecule has 3 rings (SSSR count). The molecule has 0 amide bonds. The Morgan fingerprint density at radius 2 is 1.78 bits per heavy atom. The van der Waals surface area contributed by atoms with Crippen LogP contribution < -0.4 is 10.4 Å². The van der Waals surface area contributed by atoms with E-state index in [1.54, 1.807) is 37.3 Å². The van der Waals surface area contributed by atoms with E-state index in [9.17, 15) is 13.2 Å². The van der Waals surface area contributed by atoms with Crippen molar-refractivity contribution in [2.45, 2.75) is 17.9 Å². The van der Waals surface area contributed by atoms with Crippen molar-refractivity contribution < 1.29 is 8.42 Å². The number of H-pyrrole nitrogens is 2. The van der Waals surface area contributed by atoms with E-state index in [-0.39, 0.29) is 10.6 Å². The number of fused-ring (bicyclic) bond motifs is 1. The molecule has 120 valence electrons. The molecule has 0 aliphatic heterocycles. The molecule has 0 saturated carbocycles. The van der Waals surface area contributed by atoms with Crippen molar-refractivity contribution in [2.24, 2.45) is 0 Å². The highest BCUT2D eigenvalue weighted by Crippen LogP contribution is 2.24. The van der Waals surface area contributed by atoms with Gasteiger partial charge in [-0.15, -0.1) is 0 Å². The highest BCUT2D eigenvalue weighted by Gasteiger charge is 2.20. The molecule has 8 heteroatoms. The van der Waals surface area contributed by atoms with Crippen molar-refractivity contribution in [3.8, 4) is 0 Å². The molecule has 0 spiro atoms. The van der Waals surface area contributed by atoms with Crippen LogP contribution >= 0.6 is 11.6 Å². The zero-order chi connectivity index (χ0) is 16.6. The van der Waals surface area contributed by atoms with E-state index >= 15 is 0 Å². The van der Waals surface area contributed by atoms with Gasteiger partial charge in [-0.1, -0.05) is 29.8 Å². The van der Waals surface area contributed by atoms with E-state index in [1.807, 2.05) is 0 Å². The lowest BCUT2D eigenvalue weighted by Gasteiger charge is -2.16. The van der Waals surface area contributed by atoms with E-state index in [1.165, 1.54) is 12.1 Å². The van der Waals surface area contributed by atoms with Crippen LogP contribution in [-0.2, 0) is 10.0 Å². The first-order valence-corrected chi connectivity index (χ1v) is 8.72. The number of sulfonamides is 1. The lowest BCUT2D eigenvalue weighted by atomic mass is 10.1. The summed E-state index contributed by atoms with van der Waals surface area (Å²) in [5, 5.41) is 0.494. The van der Waals surface area contributed by atoms with Crippen LogP contribution in [0.5, 0.6) is 0 Å². The van der Waals surface area contributed by atoms with Gasteiger partial charge in [0.15, 0.2) is 0 Å². The second-order valence-electron chi connectivity index (χ2n) is 5.15. The molecule has 0 fully saturated rings. The molecule has 1 heterocycles. The highest BCUT2D eigenvalue weighted by molar-refractivity contribution is 7.89. The van der Waals surface area contributed by atoms with Gasteiger partial charge in [0.05, 0.1) is 15.9 Å². The average molecular weight is 352 g/mol. The first-order valence-electron chi connectivity index (χ1n) is 6.85. The van der Waals surface area contributed by atoms with Gasteiger partial charge >= 0.3 is 5.69 Å². The molecule has 0 aliphatic carbocycles. The number of aromatic nitrogens is 2. The normalized spacial score (nSPS) is 13.3. The van der Waals surface area contributed by atoms with Crippen LogP contribution in [-0.4, -0.2) is 18.4 Å². The van der Waals surface area contributed by atoms with Gasteiger partial charge in [0.25, 0.3) is 0 Å². The number of halogens is 1. The van der Waals surface area contributed by atoms with E-state index in [0.717, 1.165) is 0 Å². The van der Waals surface area contributed by atoms with Crippen LogP contribution in [0.3, 0.4) is 0 Å². The van der Waals surface area contributed by atoms with Gasteiger partial charge in [0.2, 0.25) is 10.0 Å². The van der Waals surface area contributed by atoms with Crippen LogP contribution in [0.25, 0.3) is 11.0 Å². The minimum Gasteiger partial charge on any atom is -0.306 e.